The van der Waals surface area contributed by atoms with Gasteiger partial charge in [0.2, 0.25) is 0 Å². The normalized spacial score (nSPS) is 17.8. The van der Waals surface area contributed by atoms with Gasteiger partial charge in [-0.05, 0) is 50.9 Å². The van der Waals surface area contributed by atoms with Crippen molar-refractivity contribution in [3.63, 3.8) is 0 Å². The number of rotatable bonds is 4. The summed E-state index contributed by atoms with van der Waals surface area (Å²) in [5, 5.41) is 1.94. The van der Waals surface area contributed by atoms with Crippen LogP contribution in [-0.4, -0.2) is 50.6 Å². The van der Waals surface area contributed by atoms with Crippen LogP contribution in [0.1, 0.15) is 44.9 Å². The molecule has 0 unspecified atom stereocenters. The van der Waals surface area contributed by atoms with Gasteiger partial charge < -0.3 is 0 Å². The lowest BCUT2D eigenvalue weighted by Gasteiger charge is -2.33. The molecule has 0 radical (unpaired) electrons. The molecule has 5 rings (SSSR count). The number of hydrogen-bond acceptors (Lipinski definition) is 6. The molecule has 2 aromatic heterocycles. The fraction of sp³-hybridized carbons (Fsp3) is 0.364. The van der Waals surface area contributed by atoms with Crippen LogP contribution in [0, 0.1) is 12.8 Å². The average Bonchev–Trinajstić information content (AvgIpc) is 3.23. The number of carbonyl (C=O) groups excluding carboxylic acids is 2. The van der Waals surface area contributed by atoms with Gasteiger partial charge in [-0.25, -0.2) is 4.98 Å². The van der Waals surface area contributed by atoms with Gasteiger partial charge in [0.1, 0.15) is 0 Å². The zero-order valence-electron chi connectivity index (χ0n) is 16.7. The first-order valence-corrected chi connectivity index (χ1v) is 11.0. The van der Waals surface area contributed by atoms with Crippen molar-refractivity contribution in [2.45, 2.75) is 26.3 Å². The number of thiazole rings is 1. The predicted molar refractivity (Wildman–Crippen MR) is 114 cm³/mol. The minimum absolute atomic E-state index is 0.0331. The number of fused-ring (bicyclic) bond motifs is 2. The second-order valence-corrected chi connectivity index (χ2v) is 8.90. The van der Waals surface area contributed by atoms with E-state index in [1.54, 1.807) is 34.7 Å². The summed E-state index contributed by atoms with van der Waals surface area (Å²) in [5.74, 6) is -0.0611. The molecular formula is C22H22N4O3S. The molecule has 0 spiro atoms. The van der Waals surface area contributed by atoms with Crippen LogP contribution in [0.2, 0.25) is 0 Å². The second-order valence-electron chi connectivity index (χ2n) is 8.07. The van der Waals surface area contributed by atoms with Gasteiger partial charge in [-0.3, -0.25) is 28.6 Å². The van der Waals surface area contributed by atoms with Crippen molar-refractivity contribution in [3.05, 3.63) is 68.6 Å². The van der Waals surface area contributed by atoms with E-state index in [4.69, 9.17) is 0 Å². The van der Waals surface area contributed by atoms with Crippen LogP contribution >= 0.6 is 11.3 Å². The Labute approximate surface area is 177 Å². The third-order valence-corrected chi connectivity index (χ3v) is 6.98. The molecule has 1 saturated heterocycles. The molecule has 1 aromatic carbocycles. The molecule has 30 heavy (non-hydrogen) atoms. The molecule has 2 aliphatic rings. The molecule has 0 saturated carbocycles. The number of nitrogens with zero attached hydrogens (tertiary/aromatic N) is 4. The van der Waals surface area contributed by atoms with E-state index >= 15 is 0 Å². The molecule has 2 aliphatic heterocycles. The maximum atomic E-state index is 12.6. The number of amides is 2. The van der Waals surface area contributed by atoms with Gasteiger partial charge in [-0.15, -0.1) is 11.3 Å². The van der Waals surface area contributed by atoms with E-state index in [1.165, 1.54) is 16.2 Å². The highest BCUT2D eigenvalue weighted by Crippen LogP contribution is 2.26. The summed E-state index contributed by atoms with van der Waals surface area (Å²) < 4.78 is 1.64. The lowest BCUT2D eigenvalue weighted by molar-refractivity contribution is 0.0596. The number of aromatic nitrogens is 2. The van der Waals surface area contributed by atoms with Crippen LogP contribution in [0.3, 0.4) is 0 Å². The first-order chi connectivity index (χ1) is 14.5. The van der Waals surface area contributed by atoms with E-state index in [0.29, 0.717) is 30.1 Å². The van der Waals surface area contributed by atoms with Crippen molar-refractivity contribution in [2.24, 2.45) is 5.92 Å². The Hall–Kier alpha value is -2.84. The Kier molecular flexibility index (Phi) is 4.75. The fourth-order valence-corrected chi connectivity index (χ4v) is 5.29. The number of aryl methyl sites for hydroxylation is 1. The van der Waals surface area contributed by atoms with Crippen LogP contribution < -0.4 is 5.56 Å². The average molecular weight is 423 g/mol. The summed E-state index contributed by atoms with van der Waals surface area (Å²) in [5.41, 5.74) is 2.69. The Morgan fingerprint density at radius 2 is 1.73 bits per heavy atom. The largest absolute Gasteiger partial charge is 0.297 e. The molecule has 3 aromatic rings. The number of piperidine rings is 1. The third kappa shape index (κ3) is 3.26. The predicted octanol–water partition coefficient (Wildman–Crippen LogP) is 2.57. The van der Waals surface area contributed by atoms with Gasteiger partial charge in [0.25, 0.3) is 17.4 Å². The molecule has 154 valence electrons. The molecule has 0 aliphatic carbocycles. The monoisotopic (exact) mass is 422 g/mol. The van der Waals surface area contributed by atoms with Gasteiger partial charge in [0.15, 0.2) is 4.96 Å². The summed E-state index contributed by atoms with van der Waals surface area (Å²) in [6.07, 6.45) is 1.82. The van der Waals surface area contributed by atoms with Gasteiger partial charge in [-0.2, -0.15) is 0 Å². The summed E-state index contributed by atoms with van der Waals surface area (Å²) in [6.45, 7) is 4.74. The van der Waals surface area contributed by atoms with Gasteiger partial charge in [0, 0.05) is 30.2 Å². The van der Waals surface area contributed by atoms with Gasteiger partial charge in [-0.1, -0.05) is 12.1 Å². The van der Waals surface area contributed by atoms with Crippen LogP contribution in [0.25, 0.3) is 4.96 Å². The first-order valence-electron chi connectivity index (χ1n) is 10.2. The van der Waals surface area contributed by atoms with E-state index in [9.17, 15) is 14.4 Å². The molecule has 4 heterocycles. The Morgan fingerprint density at radius 3 is 2.40 bits per heavy atom. The van der Waals surface area contributed by atoms with E-state index in [2.05, 4.69) is 9.88 Å². The topological polar surface area (TPSA) is 75.0 Å². The number of hydrogen-bond donors (Lipinski definition) is 0. The third-order valence-electron chi connectivity index (χ3n) is 6.04. The second kappa shape index (κ2) is 7.45. The molecule has 1 fully saturated rings. The quantitative estimate of drug-likeness (QED) is 0.604. The highest BCUT2D eigenvalue weighted by atomic mass is 32.1. The Balaban J connectivity index is 1.21. The number of benzene rings is 1. The summed E-state index contributed by atoms with van der Waals surface area (Å²) >= 11 is 1.48. The highest BCUT2D eigenvalue weighted by molar-refractivity contribution is 7.15. The Morgan fingerprint density at radius 1 is 1.07 bits per heavy atom. The molecule has 0 N–H and O–H groups in total. The molecular weight excluding hydrogens is 400 g/mol. The lowest BCUT2D eigenvalue weighted by Crippen LogP contribution is -2.40. The molecule has 8 heteroatoms. The van der Waals surface area contributed by atoms with Crippen molar-refractivity contribution in [1.29, 1.82) is 0 Å². The summed E-state index contributed by atoms with van der Waals surface area (Å²) in [7, 11) is 0. The molecule has 7 nitrogen and oxygen atoms in total. The van der Waals surface area contributed by atoms with Crippen molar-refractivity contribution < 1.29 is 9.59 Å². The highest BCUT2D eigenvalue weighted by Gasteiger charge is 2.36. The summed E-state index contributed by atoms with van der Waals surface area (Å²) in [4.78, 5) is 46.6. The van der Waals surface area contributed by atoms with E-state index in [-0.39, 0.29) is 17.4 Å². The smallest absolute Gasteiger partial charge is 0.261 e. The number of imide groups is 1. The van der Waals surface area contributed by atoms with Crippen molar-refractivity contribution >= 4 is 28.1 Å². The van der Waals surface area contributed by atoms with Crippen molar-refractivity contribution in [2.75, 3.05) is 19.6 Å². The van der Waals surface area contributed by atoms with Crippen LogP contribution in [0.5, 0.6) is 0 Å². The number of likely N-dealkylation sites (tertiary alicyclic amines) is 1. The van der Waals surface area contributed by atoms with E-state index in [0.717, 1.165) is 42.3 Å². The van der Waals surface area contributed by atoms with Crippen molar-refractivity contribution in [1.82, 2.24) is 19.2 Å². The zero-order valence-corrected chi connectivity index (χ0v) is 17.5. The minimum atomic E-state index is -0.178. The molecule has 0 bridgehead atoms. The summed E-state index contributed by atoms with van der Waals surface area (Å²) in [6, 6.07) is 8.65. The Bertz CT molecular complexity index is 1170. The van der Waals surface area contributed by atoms with Crippen LogP contribution in [0.15, 0.2) is 40.5 Å². The van der Waals surface area contributed by atoms with Crippen LogP contribution in [0.4, 0.5) is 0 Å². The van der Waals surface area contributed by atoms with Crippen LogP contribution in [-0.2, 0) is 6.54 Å². The van der Waals surface area contributed by atoms with Gasteiger partial charge >= 0.3 is 0 Å². The molecule has 0 atom stereocenters. The minimum Gasteiger partial charge on any atom is -0.297 e. The van der Waals surface area contributed by atoms with Gasteiger partial charge in [0.05, 0.1) is 16.8 Å². The van der Waals surface area contributed by atoms with E-state index in [1.807, 2.05) is 12.3 Å². The standard InChI is InChI=1S/C22H22N4O3S/c1-14-13-30-22-23-16(10-19(27)26(14)22)12-24-8-6-15(7-9-24)11-25-20(28)17-4-2-3-5-18(17)21(25)29/h2-5,10,13,15H,6-9,11-12H2,1H3. The molecule has 2 amide bonds. The maximum Gasteiger partial charge on any atom is 0.261 e. The maximum absolute atomic E-state index is 12.6. The van der Waals surface area contributed by atoms with Crippen molar-refractivity contribution in [3.8, 4) is 0 Å². The lowest BCUT2D eigenvalue weighted by atomic mass is 9.96. The van der Waals surface area contributed by atoms with E-state index < -0.39 is 0 Å². The SMILES string of the molecule is Cc1csc2nc(CN3CCC(CN4C(=O)c5ccccc5C4=O)CC3)cc(=O)n12. The fourth-order valence-electron chi connectivity index (χ4n) is 4.40. The first kappa shape index (κ1) is 19.1. The number of carbonyl (C=O) groups is 2. The zero-order chi connectivity index (χ0) is 20.8.